The smallest absolute Gasteiger partial charge is 0.136 e. The molecule has 4 rings (SSSR count). The normalized spacial score (nSPS) is 23.6. The molecule has 25 heavy (non-hydrogen) atoms. The van der Waals surface area contributed by atoms with Gasteiger partial charge in [-0.05, 0) is 31.9 Å². The minimum atomic E-state index is -0.192. The van der Waals surface area contributed by atoms with Crippen molar-refractivity contribution in [2.45, 2.75) is 25.4 Å². The molecule has 1 atom stereocenters. The van der Waals surface area contributed by atoms with Gasteiger partial charge >= 0.3 is 0 Å². The minimum Gasteiger partial charge on any atom is -0.378 e. The highest BCUT2D eigenvalue weighted by Gasteiger charge is 2.39. The Morgan fingerprint density at radius 1 is 1.16 bits per heavy atom. The van der Waals surface area contributed by atoms with E-state index in [1.807, 2.05) is 43.3 Å². The third-order valence-corrected chi connectivity index (χ3v) is 4.73. The fourth-order valence-corrected chi connectivity index (χ4v) is 3.55. The van der Waals surface area contributed by atoms with Crippen LogP contribution in [-0.2, 0) is 9.47 Å². The molecule has 2 aliphatic rings. The molecule has 6 heteroatoms. The first-order chi connectivity index (χ1) is 12.2. The summed E-state index contributed by atoms with van der Waals surface area (Å²) in [5, 5.41) is 3.36. The van der Waals surface area contributed by atoms with Crippen molar-refractivity contribution in [3.05, 3.63) is 42.2 Å². The number of ether oxygens (including phenoxy) is 2. The van der Waals surface area contributed by atoms with E-state index >= 15 is 0 Å². The van der Waals surface area contributed by atoms with Crippen LogP contribution in [0.3, 0.4) is 0 Å². The molecule has 0 radical (unpaired) electrons. The van der Waals surface area contributed by atoms with Crippen molar-refractivity contribution in [1.29, 1.82) is 0 Å². The van der Waals surface area contributed by atoms with Crippen LogP contribution in [0, 0.1) is 6.92 Å². The number of hydrogen-bond acceptors (Lipinski definition) is 6. The summed E-state index contributed by atoms with van der Waals surface area (Å²) >= 11 is 0. The molecular formula is C19H24N4O2. The van der Waals surface area contributed by atoms with Crippen LogP contribution in [-0.4, -0.2) is 48.5 Å². The van der Waals surface area contributed by atoms with Gasteiger partial charge in [-0.2, -0.15) is 0 Å². The van der Waals surface area contributed by atoms with E-state index in [2.05, 4.69) is 20.2 Å². The summed E-state index contributed by atoms with van der Waals surface area (Å²) in [5.41, 5.74) is 0.827. The van der Waals surface area contributed by atoms with Crippen molar-refractivity contribution in [2.24, 2.45) is 0 Å². The molecular weight excluding hydrogens is 316 g/mol. The number of aromatic nitrogens is 2. The largest absolute Gasteiger partial charge is 0.378 e. The third kappa shape index (κ3) is 3.75. The molecule has 0 amide bonds. The molecule has 132 valence electrons. The fourth-order valence-electron chi connectivity index (χ4n) is 3.55. The molecule has 2 aromatic rings. The van der Waals surface area contributed by atoms with E-state index in [4.69, 9.17) is 9.47 Å². The molecule has 2 saturated heterocycles. The van der Waals surface area contributed by atoms with E-state index in [1.54, 1.807) is 0 Å². The number of nitrogens with zero attached hydrogens (tertiary/aromatic N) is 3. The van der Waals surface area contributed by atoms with Gasteiger partial charge in [0.05, 0.1) is 19.8 Å². The van der Waals surface area contributed by atoms with Crippen LogP contribution in [0.15, 0.2) is 36.4 Å². The second-order valence-corrected chi connectivity index (χ2v) is 6.76. The van der Waals surface area contributed by atoms with E-state index in [9.17, 15) is 0 Å². The summed E-state index contributed by atoms with van der Waals surface area (Å²) < 4.78 is 11.8. The maximum atomic E-state index is 6.09. The number of para-hydroxylation sites is 1. The van der Waals surface area contributed by atoms with Gasteiger partial charge in [0.1, 0.15) is 23.1 Å². The van der Waals surface area contributed by atoms with Gasteiger partial charge < -0.3 is 19.7 Å². The average Bonchev–Trinajstić information content (AvgIpc) is 2.63. The predicted octanol–water partition coefficient (Wildman–Crippen LogP) is 2.91. The van der Waals surface area contributed by atoms with Crippen molar-refractivity contribution in [2.75, 3.05) is 43.1 Å². The van der Waals surface area contributed by atoms with E-state index in [0.29, 0.717) is 13.2 Å². The first kappa shape index (κ1) is 16.3. The van der Waals surface area contributed by atoms with Crippen molar-refractivity contribution in [1.82, 2.24) is 9.97 Å². The second kappa shape index (κ2) is 6.98. The summed E-state index contributed by atoms with van der Waals surface area (Å²) in [6, 6.07) is 12.1. The van der Waals surface area contributed by atoms with Gasteiger partial charge in [0.15, 0.2) is 0 Å². The SMILES string of the molecule is Cc1nc(Nc2ccccc2)cc(N2CCOC3(CCCOC3)C2)n1. The number of rotatable bonds is 3. The Morgan fingerprint density at radius 3 is 2.84 bits per heavy atom. The molecule has 1 aromatic heterocycles. The van der Waals surface area contributed by atoms with Crippen LogP contribution in [0.2, 0.25) is 0 Å². The maximum absolute atomic E-state index is 6.09. The van der Waals surface area contributed by atoms with E-state index in [-0.39, 0.29) is 5.60 Å². The highest BCUT2D eigenvalue weighted by molar-refractivity contribution is 5.59. The number of nitrogens with one attached hydrogen (secondary N) is 1. The lowest BCUT2D eigenvalue weighted by atomic mass is 9.94. The van der Waals surface area contributed by atoms with Gasteiger partial charge in [0, 0.05) is 24.9 Å². The number of aryl methyl sites for hydroxylation is 1. The van der Waals surface area contributed by atoms with Crippen LogP contribution >= 0.6 is 0 Å². The zero-order valence-electron chi connectivity index (χ0n) is 14.6. The lowest BCUT2D eigenvalue weighted by Crippen LogP contribution is -2.56. The first-order valence-electron chi connectivity index (χ1n) is 8.87. The highest BCUT2D eigenvalue weighted by atomic mass is 16.5. The summed E-state index contributed by atoms with van der Waals surface area (Å²) in [5.74, 6) is 2.52. The monoisotopic (exact) mass is 340 g/mol. The molecule has 0 saturated carbocycles. The summed E-state index contributed by atoms with van der Waals surface area (Å²) in [4.78, 5) is 11.5. The van der Waals surface area contributed by atoms with Crippen LogP contribution in [0.25, 0.3) is 0 Å². The predicted molar refractivity (Wildman–Crippen MR) is 97.4 cm³/mol. The van der Waals surface area contributed by atoms with Crippen LogP contribution in [0.1, 0.15) is 18.7 Å². The second-order valence-electron chi connectivity index (χ2n) is 6.76. The molecule has 0 aliphatic carbocycles. The summed E-state index contributed by atoms with van der Waals surface area (Å²) in [6.07, 6.45) is 2.10. The van der Waals surface area contributed by atoms with Crippen LogP contribution < -0.4 is 10.2 Å². The van der Waals surface area contributed by atoms with Gasteiger partial charge in [0.25, 0.3) is 0 Å². The lowest BCUT2D eigenvalue weighted by Gasteiger charge is -2.45. The molecule has 1 spiro atoms. The zero-order valence-corrected chi connectivity index (χ0v) is 14.6. The molecule has 1 N–H and O–H groups in total. The Bertz CT molecular complexity index is 711. The Labute approximate surface area is 148 Å². The van der Waals surface area contributed by atoms with E-state index in [0.717, 1.165) is 55.7 Å². The molecule has 0 bridgehead atoms. The number of hydrogen-bond donors (Lipinski definition) is 1. The maximum Gasteiger partial charge on any atom is 0.136 e. The van der Waals surface area contributed by atoms with Crippen molar-refractivity contribution in [3.63, 3.8) is 0 Å². The molecule has 3 heterocycles. The Balaban J connectivity index is 1.55. The van der Waals surface area contributed by atoms with Crippen molar-refractivity contribution in [3.8, 4) is 0 Å². The Hall–Kier alpha value is -2.18. The van der Waals surface area contributed by atoms with Crippen molar-refractivity contribution < 1.29 is 9.47 Å². The van der Waals surface area contributed by atoms with E-state index < -0.39 is 0 Å². The number of morpholine rings is 1. The van der Waals surface area contributed by atoms with Crippen LogP contribution in [0.4, 0.5) is 17.3 Å². The first-order valence-corrected chi connectivity index (χ1v) is 8.87. The summed E-state index contributed by atoms with van der Waals surface area (Å²) in [6.45, 7) is 5.79. The molecule has 1 unspecified atom stereocenters. The van der Waals surface area contributed by atoms with Crippen molar-refractivity contribution >= 4 is 17.3 Å². The minimum absolute atomic E-state index is 0.192. The van der Waals surface area contributed by atoms with Crippen LogP contribution in [0.5, 0.6) is 0 Å². The standard InChI is InChI=1S/C19H24N4O2/c1-15-20-17(22-16-6-3-2-4-7-16)12-18(21-15)23-9-11-25-19(13-23)8-5-10-24-14-19/h2-4,6-7,12H,5,8-11,13-14H2,1H3,(H,20,21,22). The quantitative estimate of drug-likeness (QED) is 0.927. The fraction of sp³-hybridized carbons (Fsp3) is 0.474. The van der Waals surface area contributed by atoms with Gasteiger partial charge in [-0.3, -0.25) is 0 Å². The van der Waals surface area contributed by atoms with Gasteiger partial charge in [-0.1, -0.05) is 18.2 Å². The lowest BCUT2D eigenvalue weighted by molar-refractivity contribution is -0.133. The Morgan fingerprint density at radius 2 is 2.04 bits per heavy atom. The number of benzene rings is 1. The van der Waals surface area contributed by atoms with Gasteiger partial charge in [-0.25, -0.2) is 9.97 Å². The molecule has 1 aromatic carbocycles. The Kier molecular flexibility index (Phi) is 4.55. The van der Waals surface area contributed by atoms with E-state index in [1.165, 1.54) is 0 Å². The third-order valence-electron chi connectivity index (χ3n) is 4.73. The topological polar surface area (TPSA) is 59.5 Å². The average molecular weight is 340 g/mol. The zero-order chi connectivity index (χ0) is 17.1. The molecule has 6 nitrogen and oxygen atoms in total. The highest BCUT2D eigenvalue weighted by Crippen LogP contribution is 2.30. The number of anilines is 3. The summed E-state index contributed by atoms with van der Waals surface area (Å²) in [7, 11) is 0. The van der Waals surface area contributed by atoms with Gasteiger partial charge in [-0.15, -0.1) is 0 Å². The molecule has 2 fully saturated rings. The molecule has 2 aliphatic heterocycles. The van der Waals surface area contributed by atoms with Gasteiger partial charge in [0.2, 0.25) is 0 Å².